The number of piperazine rings is 1. The van der Waals surface area contributed by atoms with E-state index >= 15 is 0 Å². The number of carbonyl (C=O) groups excluding carboxylic acids is 1. The highest BCUT2D eigenvalue weighted by atomic mass is 19.1. The molecule has 1 aromatic carbocycles. The van der Waals surface area contributed by atoms with Crippen LogP contribution in [0.2, 0.25) is 0 Å². The number of fused-ring (bicyclic) bond motifs is 2. The van der Waals surface area contributed by atoms with Gasteiger partial charge in [-0.3, -0.25) is 4.79 Å². The zero-order valence-electron chi connectivity index (χ0n) is 18.0. The van der Waals surface area contributed by atoms with Gasteiger partial charge in [0.1, 0.15) is 0 Å². The molecule has 1 fully saturated rings. The zero-order chi connectivity index (χ0) is 22.4. The first kappa shape index (κ1) is 20.2. The van der Waals surface area contributed by atoms with Gasteiger partial charge in [0.15, 0.2) is 11.5 Å². The summed E-state index contributed by atoms with van der Waals surface area (Å²) in [5.41, 5.74) is 4.14. The van der Waals surface area contributed by atoms with Gasteiger partial charge >= 0.3 is 0 Å². The van der Waals surface area contributed by atoms with Crippen LogP contribution in [0, 0.1) is 12.7 Å². The Morgan fingerprint density at radius 2 is 2.03 bits per heavy atom. The number of amides is 1. The van der Waals surface area contributed by atoms with E-state index < -0.39 is 5.82 Å². The molecule has 0 unspecified atom stereocenters. The molecule has 1 saturated heterocycles. The van der Waals surface area contributed by atoms with E-state index in [-0.39, 0.29) is 11.6 Å². The lowest BCUT2D eigenvalue weighted by atomic mass is 10.1. The largest absolute Gasteiger partial charge is 0.368 e. The fourth-order valence-electron chi connectivity index (χ4n) is 4.23. The maximum Gasteiger partial charge on any atom is 0.257 e. The summed E-state index contributed by atoms with van der Waals surface area (Å²) in [6, 6.07) is 5.03. The van der Waals surface area contributed by atoms with E-state index in [2.05, 4.69) is 32.2 Å². The minimum absolute atomic E-state index is 0.226. The standard InChI is InChI=1S/C23H24FN7O/c1-14(2)31-21-17(4-5-20(18(21)11-26-31)29-8-6-25-7-9-29)23(32)28-16-10-19(24)22-27-15(3)12-30(22)13-16/h4-5,10-13,25H,1,6-9H2,2-3H3,(H,28,32). The molecule has 0 bridgehead atoms. The Morgan fingerprint density at radius 3 is 2.78 bits per heavy atom. The molecule has 0 spiro atoms. The third-order valence-corrected chi connectivity index (χ3v) is 5.66. The summed E-state index contributed by atoms with van der Waals surface area (Å²) in [5.74, 6) is -0.845. The Kier molecular flexibility index (Phi) is 4.90. The van der Waals surface area contributed by atoms with Gasteiger partial charge in [0.25, 0.3) is 5.91 Å². The summed E-state index contributed by atoms with van der Waals surface area (Å²) in [6.07, 6.45) is 5.14. The Balaban J connectivity index is 1.56. The smallest absolute Gasteiger partial charge is 0.257 e. The summed E-state index contributed by atoms with van der Waals surface area (Å²) in [6.45, 7) is 11.2. The van der Waals surface area contributed by atoms with Crippen molar-refractivity contribution in [3.63, 3.8) is 0 Å². The molecule has 0 atom stereocenters. The highest BCUT2D eigenvalue weighted by molar-refractivity contribution is 6.14. The van der Waals surface area contributed by atoms with Crippen LogP contribution in [0.4, 0.5) is 15.8 Å². The molecule has 3 aromatic heterocycles. The number of hydrogen-bond donors (Lipinski definition) is 2. The number of carbonyl (C=O) groups is 1. The number of benzene rings is 1. The lowest BCUT2D eigenvalue weighted by molar-refractivity contribution is 0.102. The quantitative estimate of drug-likeness (QED) is 0.516. The summed E-state index contributed by atoms with van der Waals surface area (Å²) < 4.78 is 17.7. The van der Waals surface area contributed by atoms with E-state index in [1.54, 1.807) is 40.7 Å². The lowest BCUT2D eigenvalue weighted by Crippen LogP contribution is -2.43. The van der Waals surface area contributed by atoms with Crippen molar-refractivity contribution in [2.24, 2.45) is 0 Å². The van der Waals surface area contributed by atoms with Crippen molar-refractivity contribution in [1.29, 1.82) is 0 Å². The molecule has 0 aliphatic carbocycles. The zero-order valence-corrected chi connectivity index (χ0v) is 18.0. The molecular formula is C23H24FN7O. The van der Waals surface area contributed by atoms with Gasteiger partial charge in [0.05, 0.1) is 28.7 Å². The first-order valence-corrected chi connectivity index (χ1v) is 10.5. The number of rotatable bonds is 4. The van der Waals surface area contributed by atoms with E-state index in [0.29, 0.717) is 28.2 Å². The number of aromatic nitrogens is 4. The average molecular weight is 433 g/mol. The molecule has 164 valence electrons. The van der Waals surface area contributed by atoms with E-state index in [1.807, 2.05) is 13.0 Å². The van der Waals surface area contributed by atoms with Crippen molar-refractivity contribution in [3.05, 3.63) is 60.4 Å². The van der Waals surface area contributed by atoms with Crippen molar-refractivity contribution in [3.8, 4) is 0 Å². The fourth-order valence-corrected chi connectivity index (χ4v) is 4.23. The van der Waals surface area contributed by atoms with Crippen LogP contribution in [0.1, 0.15) is 23.0 Å². The number of imidazole rings is 1. The third kappa shape index (κ3) is 3.40. The first-order valence-electron chi connectivity index (χ1n) is 10.5. The van der Waals surface area contributed by atoms with Crippen molar-refractivity contribution in [1.82, 2.24) is 24.5 Å². The van der Waals surface area contributed by atoms with E-state index in [9.17, 15) is 9.18 Å². The van der Waals surface area contributed by atoms with Gasteiger partial charge in [-0.2, -0.15) is 5.10 Å². The van der Waals surface area contributed by atoms with E-state index in [0.717, 1.165) is 37.3 Å². The van der Waals surface area contributed by atoms with Crippen LogP contribution < -0.4 is 15.5 Å². The molecule has 1 amide bonds. The molecule has 8 nitrogen and oxygen atoms in total. The van der Waals surface area contributed by atoms with Crippen molar-refractivity contribution in [2.45, 2.75) is 13.8 Å². The molecular weight excluding hydrogens is 409 g/mol. The normalized spacial score (nSPS) is 14.3. The topological polar surface area (TPSA) is 79.5 Å². The number of nitrogens with one attached hydrogen (secondary N) is 2. The van der Waals surface area contributed by atoms with Crippen LogP contribution in [0.25, 0.3) is 22.2 Å². The number of pyridine rings is 1. The predicted octanol–water partition coefficient (Wildman–Crippen LogP) is 3.28. The second-order valence-corrected chi connectivity index (χ2v) is 8.07. The monoisotopic (exact) mass is 433 g/mol. The predicted molar refractivity (Wildman–Crippen MR) is 124 cm³/mol. The average Bonchev–Trinajstić information content (AvgIpc) is 3.37. The van der Waals surface area contributed by atoms with E-state index in [1.165, 1.54) is 6.07 Å². The summed E-state index contributed by atoms with van der Waals surface area (Å²) in [4.78, 5) is 19.7. The van der Waals surface area contributed by atoms with Crippen LogP contribution in [-0.4, -0.2) is 51.3 Å². The van der Waals surface area contributed by atoms with Crippen molar-refractivity contribution in [2.75, 3.05) is 36.4 Å². The summed E-state index contributed by atoms with van der Waals surface area (Å²) in [5, 5.41) is 11.5. The Hall–Kier alpha value is -3.72. The maximum atomic E-state index is 14.5. The summed E-state index contributed by atoms with van der Waals surface area (Å²) in [7, 11) is 0. The van der Waals surface area contributed by atoms with Gasteiger partial charge in [-0.1, -0.05) is 6.58 Å². The Labute approximate surface area is 184 Å². The van der Waals surface area contributed by atoms with Crippen LogP contribution in [0.15, 0.2) is 43.4 Å². The van der Waals surface area contributed by atoms with Gasteiger partial charge < -0.3 is 19.9 Å². The van der Waals surface area contributed by atoms with Crippen LogP contribution in [-0.2, 0) is 0 Å². The minimum Gasteiger partial charge on any atom is -0.368 e. The number of halogens is 1. The van der Waals surface area contributed by atoms with Crippen LogP contribution >= 0.6 is 0 Å². The Bertz CT molecular complexity index is 1360. The highest BCUT2D eigenvalue weighted by Gasteiger charge is 2.22. The highest BCUT2D eigenvalue weighted by Crippen LogP contribution is 2.31. The molecule has 1 aliphatic rings. The molecule has 2 N–H and O–H groups in total. The number of allylic oxidation sites excluding steroid dienone is 1. The van der Waals surface area contributed by atoms with Gasteiger partial charge in [0.2, 0.25) is 0 Å². The lowest BCUT2D eigenvalue weighted by Gasteiger charge is -2.30. The molecule has 4 heterocycles. The minimum atomic E-state index is -0.498. The van der Waals surface area contributed by atoms with Gasteiger partial charge in [-0.05, 0) is 26.0 Å². The first-order chi connectivity index (χ1) is 15.4. The number of aryl methyl sites for hydroxylation is 1. The van der Waals surface area contributed by atoms with Gasteiger partial charge in [-0.15, -0.1) is 0 Å². The number of nitrogens with zero attached hydrogens (tertiary/aromatic N) is 5. The number of hydrogen-bond acceptors (Lipinski definition) is 5. The van der Waals surface area contributed by atoms with Crippen molar-refractivity contribution < 1.29 is 9.18 Å². The maximum absolute atomic E-state index is 14.5. The molecule has 0 saturated carbocycles. The van der Waals surface area contributed by atoms with Crippen molar-refractivity contribution >= 4 is 39.5 Å². The molecule has 0 radical (unpaired) electrons. The molecule has 1 aliphatic heterocycles. The van der Waals surface area contributed by atoms with Crippen LogP contribution in [0.5, 0.6) is 0 Å². The molecule has 32 heavy (non-hydrogen) atoms. The fraction of sp³-hybridized carbons (Fsp3) is 0.261. The van der Waals surface area contributed by atoms with Gasteiger partial charge in [-0.25, -0.2) is 14.1 Å². The molecule has 5 rings (SSSR count). The third-order valence-electron chi connectivity index (χ3n) is 5.66. The molecule has 9 heteroatoms. The van der Waals surface area contributed by atoms with E-state index in [4.69, 9.17) is 0 Å². The van der Waals surface area contributed by atoms with Gasteiger partial charge in [0, 0.05) is 61.4 Å². The second kappa shape index (κ2) is 7.76. The SMILES string of the molecule is C=C(C)n1ncc2c(N3CCNCC3)ccc(C(=O)Nc3cc(F)c4nc(C)cn4c3)c21. The van der Waals surface area contributed by atoms with Crippen LogP contribution in [0.3, 0.4) is 0 Å². The molecule has 4 aromatic rings. The number of anilines is 2. The second-order valence-electron chi connectivity index (χ2n) is 8.07. The Morgan fingerprint density at radius 1 is 1.25 bits per heavy atom. The summed E-state index contributed by atoms with van der Waals surface area (Å²) >= 11 is 0.